The quantitative estimate of drug-likeness (QED) is 0.714. The summed E-state index contributed by atoms with van der Waals surface area (Å²) in [4.78, 5) is 4.38. The molecule has 0 saturated heterocycles. The molecular formula is C14H13N3OS. The van der Waals surface area contributed by atoms with Gasteiger partial charge >= 0.3 is 0 Å². The molecule has 0 fully saturated rings. The number of nitrogen functional groups attached to an aromatic ring is 1. The molecule has 96 valence electrons. The number of hydrogen-bond donors (Lipinski definition) is 2. The molecule has 3 rings (SSSR count). The van der Waals surface area contributed by atoms with Gasteiger partial charge in [0.2, 0.25) is 0 Å². The lowest BCUT2D eigenvalue weighted by Crippen LogP contribution is -1.98. The molecule has 0 aliphatic heterocycles. The average molecular weight is 271 g/mol. The number of nitrogens with zero attached hydrogens (tertiary/aromatic N) is 1. The predicted octanol–water partition coefficient (Wildman–Crippen LogP) is 3.63. The van der Waals surface area contributed by atoms with Crippen molar-refractivity contribution in [2.75, 3.05) is 18.2 Å². The number of methoxy groups -OCH3 is 1. The maximum Gasteiger partial charge on any atom is 0.142 e. The number of anilines is 3. The second-order valence-electron chi connectivity index (χ2n) is 4.08. The summed E-state index contributed by atoms with van der Waals surface area (Å²) in [6.07, 6.45) is 1.79. The Balaban J connectivity index is 2.05. The van der Waals surface area contributed by atoms with Gasteiger partial charge in [-0.05, 0) is 35.7 Å². The first-order valence-corrected chi connectivity index (χ1v) is 6.68. The van der Waals surface area contributed by atoms with Gasteiger partial charge in [0.05, 0.1) is 12.8 Å². The highest BCUT2D eigenvalue weighted by Gasteiger charge is 2.08. The van der Waals surface area contributed by atoms with Crippen molar-refractivity contribution >= 4 is 38.6 Å². The first kappa shape index (κ1) is 11.8. The number of nitrogens with one attached hydrogen (secondary N) is 1. The first-order chi connectivity index (χ1) is 9.28. The molecule has 0 radical (unpaired) electrons. The number of thiophene rings is 1. The fourth-order valence-electron chi connectivity index (χ4n) is 1.95. The smallest absolute Gasteiger partial charge is 0.142 e. The third-order valence-corrected chi connectivity index (χ3v) is 3.74. The van der Waals surface area contributed by atoms with Gasteiger partial charge in [-0.1, -0.05) is 0 Å². The summed E-state index contributed by atoms with van der Waals surface area (Å²) in [5, 5.41) is 6.43. The van der Waals surface area contributed by atoms with E-state index in [-0.39, 0.29) is 0 Å². The molecule has 0 spiro atoms. The molecule has 19 heavy (non-hydrogen) atoms. The molecule has 0 saturated carbocycles. The van der Waals surface area contributed by atoms with Gasteiger partial charge in [0, 0.05) is 22.0 Å². The Morgan fingerprint density at radius 1 is 1.26 bits per heavy atom. The van der Waals surface area contributed by atoms with E-state index in [1.807, 2.05) is 35.7 Å². The fraction of sp³-hybridized carbons (Fsp3) is 0.0714. The molecule has 3 aromatic rings. The molecule has 5 heteroatoms. The molecule has 0 atom stereocenters. The van der Waals surface area contributed by atoms with E-state index in [1.54, 1.807) is 24.6 Å². The lowest BCUT2D eigenvalue weighted by molar-refractivity contribution is 0.417. The molecule has 4 nitrogen and oxygen atoms in total. The van der Waals surface area contributed by atoms with Crippen molar-refractivity contribution in [3.63, 3.8) is 0 Å². The zero-order valence-corrected chi connectivity index (χ0v) is 11.2. The van der Waals surface area contributed by atoms with Crippen LogP contribution in [-0.4, -0.2) is 12.1 Å². The summed E-state index contributed by atoms with van der Waals surface area (Å²) in [6, 6.07) is 9.54. The fourth-order valence-corrected chi connectivity index (χ4v) is 2.73. The molecule has 2 heterocycles. The van der Waals surface area contributed by atoms with Crippen LogP contribution in [0.3, 0.4) is 0 Å². The van der Waals surface area contributed by atoms with Crippen molar-refractivity contribution in [3.8, 4) is 5.75 Å². The van der Waals surface area contributed by atoms with Crippen LogP contribution >= 0.6 is 11.3 Å². The number of ether oxygens (including phenoxy) is 1. The van der Waals surface area contributed by atoms with E-state index in [1.165, 1.54) is 4.70 Å². The van der Waals surface area contributed by atoms with Crippen LogP contribution in [0.25, 0.3) is 10.1 Å². The van der Waals surface area contributed by atoms with Gasteiger partial charge in [-0.25, -0.2) is 4.98 Å². The molecule has 0 aliphatic rings. The highest BCUT2D eigenvalue weighted by Crippen LogP contribution is 2.32. The number of hydrogen-bond acceptors (Lipinski definition) is 5. The minimum Gasteiger partial charge on any atom is -0.495 e. The van der Waals surface area contributed by atoms with E-state index < -0.39 is 0 Å². The van der Waals surface area contributed by atoms with Crippen LogP contribution in [0, 0.1) is 0 Å². The highest BCUT2D eigenvalue weighted by atomic mass is 32.1. The minimum absolute atomic E-state index is 0.681. The van der Waals surface area contributed by atoms with Crippen LogP contribution in [0.15, 0.2) is 41.9 Å². The summed E-state index contributed by atoms with van der Waals surface area (Å²) in [7, 11) is 1.63. The van der Waals surface area contributed by atoms with Crippen molar-refractivity contribution in [3.05, 3.63) is 41.9 Å². The van der Waals surface area contributed by atoms with Gasteiger partial charge in [-0.2, -0.15) is 0 Å². The van der Waals surface area contributed by atoms with Gasteiger partial charge in [0.25, 0.3) is 0 Å². The lowest BCUT2D eigenvalue weighted by Gasteiger charge is -2.11. The topological polar surface area (TPSA) is 60.2 Å². The van der Waals surface area contributed by atoms with E-state index in [4.69, 9.17) is 10.5 Å². The van der Waals surface area contributed by atoms with E-state index in [9.17, 15) is 0 Å². The van der Waals surface area contributed by atoms with Gasteiger partial charge in [-0.15, -0.1) is 11.3 Å². The number of aromatic nitrogens is 1. The summed E-state index contributed by atoms with van der Waals surface area (Å²) in [5.41, 5.74) is 7.31. The van der Waals surface area contributed by atoms with Gasteiger partial charge in [0.15, 0.2) is 0 Å². The predicted molar refractivity (Wildman–Crippen MR) is 80.3 cm³/mol. The third-order valence-electron chi connectivity index (χ3n) is 2.86. The Kier molecular flexibility index (Phi) is 2.97. The van der Waals surface area contributed by atoms with Crippen LogP contribution < -0.4 is 15.8 Å². The standard InChI is InChI=1S/C14H13N3OS/c1-18-12-3-2-9(15)8-11(12)17-14-10-5-7-19-13(10)4-6-16-14/h2-8H,15H2,1H3,(H,16,17). The zero-order chi connectivity index (χ0) is 13.2. The van der Waals surface area contributed by atoms with E-state index in [2.05, 4.69) is 10.3 Å². The van der Waals surface area contributed by atoms with Crippen molar-refractivity contribution in [1.29, 1.82) is 0 Å². The molecule has 2 aromatic heterocycles. The van der Waals surface area contributed by atoms with E-state index in [0.717, 1.165) is 22.6 Å². The zero-order valence-electron chi connectivity index (χ0n) is 10.4. The van der Waals surface area contributed by atoms with Gasteiger partial charge < -0.3 is 15.8 Å². The van der Waals surface area contributed by atoms with Crippen LogP contribution in [-0.2, 0) is 0 Å². The number of benzene rings is 1. The van der Waals surface area contributed by atoms with Crippen molar-refractivity contribution < 1.29 is 4.74 Å². The third kappa shape index (κ3) is 2.20. The summed E-state index contributed by atoms with van der Waals surface area (Å²) >= 11 is 1.69. The second-order valence-corrected chi connectivity index (χ2v) is 5.02. The van der Waals surface area contributed by atoms with Crippen LogP contribution in [0.5, 0.6) is 5.75 Å². The Morgan fingerprint density at radius 2 is 2.16 bits per heavy atom. The monoisotopic (exact) mass is 271 g/mol. The van der Waals surface area contributed by atoms with Gasteiger partial charge in [-0.3, -0.25) is 0 Å². The molecular weight excluding hydrogens is 258 g/mol. The molecule has 1 aromatic carbocycles. The summed E-state index contributed by atoms with van der Waals surface area (Å²) in [6.45, 7) is 0. The van der Waals surface area contributed by atoms with Crippen LogP contribution in [0.1, 0.15) is 0 Å². The molecule has 0 bridgehead atoms. The Bertz CT molecular complexity index is 724. The minimum atomic E-state index is 0.681. The Morgan fingerprint density at radius 3 is 3.00 bits per heavy atom. The number of nitrogens with two attached hydrogens (primary N) is 1. The maximum atomic E-state index is 5.81. The molecule has 0 amide bonds. The van der Waals surface area contributed by atoms with E-state index in [0.29, 0.717) is 5.69 Å². The highest BCUT2D eigenvalue weighted by molar-refractivity contribution is 7.17. The van der Waals surface area contributed by atoms with Crippen molar-refractivity contribution in [2.24, 2.45) is 0 Å². The summed E-state index contributed by atoms with van der Waals surface area (Å²) < 4.78 is 6.52. The normalized spacial score (nSPS) is 10.6. The number of pyridine rings is 1. The van der Waals surface area contributed by atoms with Crippen LogP contribution in [0.2, 0.25) is 0 Å². The SMILES string of the molecule is COc1ccc(N)cc1Nc1nccc2sccc12. The molecule has 0 aliphatic carbocycles. The lowest BCUT2D eigenvalue weighted by atomic mass is 10.2. The number of fused-ring (bicyclic) bond motifs is 1. The van der Waals surface area contributed by atoms with Crippen molar-refractivity contribution in [2.45, 2.75) is 0 Å². The van der Waals surface area contributed by atoms with Crippen LogP contribution in [0.4, 0.5) is 17.2 Å². The Labute approximate surface area is 114 Å². The summed E-state index contributed by atoms with van der Waals surface area (Å²) in [5.74, 6) is 1.55. The molecule has 0 unspecified atom stereocenters. The number of rotatable bonds is 3. The van der Waals surface area contributed by atoms with Gasteiger partial charge in [0.1, 0.15) is 11.6 Å². The Hall–Kier alpha value is -2.27. The first-order valence-electron chi connectivity index (χ1n) is 5.80. The van der Waals surface area contributed by atoms with E-state index >= 15 is 0 Å². The largest absolute Gasteiger partial charge is 0.495 e. The van der Waals surface area contributed by atoms with Crippen molar-refractivity contribution in [1.82, 2.24) is 4.98 Å². The molecule has 3 N–H and O–H groups in total. The second kappa shape index (κ2) is 4.78. The average Bonchev–Trinajstić information content (AvgIpc) is 2.88. The maximum absolute atomic E-state index is 5.81.